The van der Waals surface area contributed by atoms with E-state index in [1.165, 1.54) is 29.7 Å². The summed E-state index contributed by atoms with van der Waals surface area (Å²) in [7, 11) is 1.05. The molecule has 0 aliphatic heterocycles. The highest BCUT2D eigenvalue weighted by atomic mass is 28.3. The van der Waals surface area contributed by atoms with Crippen molar-refractivity contribution in [1.82, 2.24) is 4.98 Å². The van der Waals surface area contributed by atoms with Gasteiger partial charge in [-0.1, -0.05) is 57.1 Å². The second-order valence-corrected chi connectivity index (χ2v) is 11.2. The molecule has 0 saturated carbocycles. The molecule has 0 radical (unpaired) electrons. The Hall–Kier alpha value is -1.35. The van der Waals surface area contributed by atoms with Gasteiger partial charge in [0.15, 0.2) is 0 Å². The lowest BCUT2D eigenvalue weighted by atomic mass is 10.2. The Labute approximate surface area is 123 Å². The second-order valence-electron chi connectivity index (χ2n) is 5.78. The van der Waals surface area contributed by atoms with E-state index in [1.807, 2.05) is 0 Å². The van der Waals surface area contributed by atoms with Gasteiger partial charge in [0.2, 0.25) is 0 Å². The van der Waals surface area contributed by atoms with Crippen LogP contribution in [-0.4, -0.2) is 26.3 Å². The van der Waals surface area contributed by atoms with Crippen LogP contribution in [-0.2, 0) is 0 Å². The number of para-hydroxylation sites is 1. The quantitative estimate of drug-likeness (QED) is 0.714. The Kier molecular flexibility index (Phi) is 4.81. The highest BCUT2D eigenvalue weighted by molar-refractivity contribution is 6.80. The summed E-state index contributed by atoms with van der Waals surface area (Å²) >= 11 is 0. The summed E-state index contributed by atoms with van der Waals surface area (Å²) in [6.07, 6.45) is 1.21. The molecule has 2 nitrogen and oxygen atoms in total. The largest absolute Gasteiger partial charge is 0.363 e. The van der Waals surface area contributed by atoms with E-state index in [9.17, 15) is 0 Å². The molecule has 0 bridgehead atoms. The Bertz CT molecular complexity index is 555. The molecule has 0 spiro atoms. The lowest BCUT2D eigenvalue weighted by Crippen LogP contribution is -2.44. The number of benzene rings is 1. The summed E-state index contributed by atoms with van der Waals surface area (Å²) in [5.74, 6) is 1.11. The van der Waals surface area contributed by atoms with Gasteiger partial charge >= 0.3 is 0 Å². The van der Waals surface area contributed by atoms with Crippen molar-refractivity contribution in [2.45, 2.75) is 38.9 Å². The molecule has 1 aromatic heterocycles. The van der Waals surface area contributed by atoms with E-state index in [2.05, 4.69) is 69.1 Å². The molecule has 0 amide bonds. The minimum atomic E-state index is -1.14. The standard InChI is InChI=1S/C17H26N2Si/c1-5-20(6-2,7-3)14-19(4)17-13-12-15-10-8-9-11-16(15)18-17/h8-13H,5-7,14H2,1-4H3. The lowest BCUT2D eigenvalue weighted by molar-refractivity contribution is 0.980. The number of aromatic nitrogens is 1. The fourth-order valence-corrected chi connectivity index (χ4v) is 6.28. The topological polar surface area (TPSA) is 16.1 Å². The van der Waals surface area contributed by atoms with Crippen LogP contribution in [0.4, 0.5) is 5.82 Å². The zero-order valence-electron chi connectivity index (χ0n) is 13.2. The van der Waals surface area contributed by atoms with Crippen LogP contribution in [0.3, 0.4) is 0 Å². The number of hydrogen-bond donors (Lipinski definition) is 0. The van der Waals surface area contributed by atoms with Gasteiger partial charge in [-0.3, -0.25) is 0 Å². The van der Waals surface area contributed by atoms with E-state index in [1.54, 1.807) is 0 Å². The number of rotatable bonds is 6. The minimum Gasteiger partial charge on any atom is -0.363 e. The Balaban J connectivity index is 2.24. The average molecular weight is 286 g/mol. The summed E-state index contributed by atoms with van der Waals surface area (Å²) < 4.78 is 0. The maximum atomic E-state index is 4.81. The Morgan fingerprint density at radius 2 is 1.60 bits per heavy atom. The molecule has 108 valence electrons. The minimum absolute atomic E-state index is 1.09. The van der Waals surface area contributed by atoms with E-state index >= 15 is 0 Å². The van der Waals surface area contributed by atoms with E-state index in [0.29, 0.717) is 0 Å². The molecular formula is C17H26N2Si. The van der Waals surface area contributed by atoms with Gasteiger partial charge in [-0.15, -0.1) is 0 Å². The third-order valence-electron chi connectivity index (χ3n) is 4.80. The smallest absolute Gasteiger partial charge is 0.128 e. The molecule has 20 heavy (non-hydrogen) atoms. The molecule has 3 heteroatoms. The van der Waals surface area contributed by atoms with Gasteiger partial charge in [0.25, 0.3) is 0 Å². The number of pyridine rings is 1. The predicted molar refractivity (Wildman–Crippen MR) is 92.2 cm³/mol. The van der Waals surface area contributed by atoms with Gasteiger partial charge in [-0.25, -0.2) is 4.98 Å². The monoisotopic (exact) mass is 286 g/mol. The van der Waals surface area contributed by atoms with Gasteiger partial charge in [0.05, 0.1) is 13.6 Å². The maximum absolute atomic E-state index is 4.81. The zero-order chi connectivity index (χ0) is 14.6. The number of fused-ring (bicyclic) bond motifs is 1. The van der Waals surface area contributed by atoms with Crippen molar-refractivity contribution in [3.05, 3.63) is 36.4 Å². The summed E-state index contributed by atoms with van der Waals surface area (Å²) in [4.78, 5) is 7.18. The Morgan fingerprint density at radius 1 is 0.950 bits per heavy atom. The van der Waals surface area contributed by atoms with Crippen LogP contribution in [0.15, 0.2) is 36.4 Å². The van der Waals surface area contributed by atoms with E-state index in [0.717, 1.165) is 11.3 Å². The number of nitrogens with zero attached hydrogens (tertiary/aromatic N) is 2. The van der Waals surface area contributed by atoms with Crippen LogP contribution in [0, 0.1) is 0 Å². The normalized spacial score (nSPS) is 11.8. The summed E-state index contributed by atoms with van der Waals surface area (Å²) in [6, 6.07) is 16.8. The number of hydrogen-bond acceptors (Lipinski definition) is 2. The SMILES string of the molecule is CC[Si](CC)(CC)CN(C)c1ccc2ccccc2n1. The summed E-state index contributed by atoms with van der Waals surface area (Å²) in [5, 5.41) is 1.22. The van der Waals surface area contributed by atoms with Crippen LogP contribution in [0.2, 0.25) is 18.1 Å². The highest BCUT2D eigenvalue weighted by Crippen LogP contribution is 2.24. The molecule has 2 aromatic rings. The average Bonchev–Trinajstić information content (AvgIpc) is 2.52. The molecule has 0 unspecified atom stereocenters. The molecule has 1 heterocycles. The third-order valence-corrected chi connectivity index (χ3v) is 10.4. The first kappa shape index (κ1) is 15.0. The van der Waals surface area contributed by atoms with Crippen molar-refractivity contribution < 1.29 is 0 Å². The Morgan fingerprint density at radius 3 is 2.25 bits per heavy atom. The first-order valence-electron chi connectivity index (χ1n) is 7.71. The van der Waals surface area contributed by atoms with Crippen LogP contribution in [0.1, 0.15) is 20.8 Å². The van der Waals surface area contributed by atoms with Crippen molar-refractivity contribution in [2.24, 2.45) is 0 Å². The number of anilines is 1. The third kappa shape index (κ3) is 3.03. The first-order chi connectivity index (χ1) is 9.64. The van der Waals surface area contributed by atoms with Gasteiger partial charge in [0, 0.05) is 18.6 Å². The summed E-state index contributed by atoms with van der Waals surface area (Å²) in [5.41, 5.74) is 1.09. The van der Waals surface area contributed by atoms with E-state index < -0.39 is 8.07 Å². The fourth-order valence-electron chi connectivity index (χ4n) is 2.94. The molecule has 0 atom stereocenters. The first-order valence-corrected chi connectivity index (χ1v) is 10.5. The molecule has 0 saturated heterocycles. The molecular weight excluding hydrogens is 260 g/mol. The molecule has 0 fully saturated rings. The maximum Gasteiger partial charge on any atom is 0.128 e. The van der Waals surface area contributed by atoms with Crippen molar-refractivity contribution in [1.29, 1.82) is 0 Å². The van der Waals surface area contributed by atoms with E-state index in [4.69, 9.17) is 4.98 Å². The summed E-state index contributed by atoms with van der Waals surface area (Å²) in [6.45, 7) is 7.09. The second kappa shape index (κ2) is 6.40. The molecule has 0 N–H and O–H groups in total. The van der Waals surface area contributed by atoms with Gasteiger partial charge in [0.1, 0.15) is 5.82 Å². The van der Waals surface area contributed by atoms with Crippen molar-refractivity contribution in [3.8, 4) is 0 Å². The van der Waals surface area contributed by atoms with Crippen LogP contribution in [0.25, 0.3) is 10.9 Å². The van der Waals surface area contributed by atoms with Crippen LogP contribution >= 0.6 is 0 Å². The van der Waals surface area contributed by atoms with Crippen molar-refractivity contribution >= 4 is 24.8 Å². The molecule has 1 aromatic carbocycles. The van der Waals surface area contributed by atoms with Crippen molar-refractivity contribution in [2.75, 3.05) is 18.1 Å². The lowest BCUT2D eigenvalue weighted by Gasteiger charge is -2.33. The molecule has 0 aliphatic rings. The zero-order valence-corrected chi connectivity index (χ0v) is 14.2. The van der Waals surface area contributed by atoms with Gasteiger partial charge < -0.3 is 4.90 Å². The molecule has 0 aliphatic carbocycles. The van der Waals surface area contributed by atoms with E-state index in [-0.39, 0.29) is 0 Å². The van der Waals surface area contributed by atoms with Gasteiger partial charge in [-0.05, 0) is 18.2 Å². The fraction of sp³-hybridized carbons (Fsp3) is 0.471. The van der Waals surface area contributed by atoms with Crippen LogP contribution < -0.4 is 4.90 Å². The molecule has 2 rings (SSSR count). The predicted octanol–water partition coefficient (Wildman–Crippen LogP) is 4.72. The van der Waals surface area contributed by atoms with Crippen molar-refractivity contribution in [3.63, 3.8) is 0 Å². The highest BCUT2D eigenvalue weighted by Gasteiger charge is 2.28. The van der Waals surface area contributed by atoms with Gasteiger partial charge in [-0.2, -0.15) is 0 Å². The van der Waals surface area contributed by atoms with Crippen LogP contribution in [0.5, 0.6) is 0 Å².